The van der Waals surface area contributed by atoms with Crippen LogP contribution in [0.25, 0.3) is 0 Å². The molecule has 0 radical (unpaired) electrons. The molecule has 0 aromatic heterocycles. The second-order valence-corrected chi connectivity index (χ2v) is 4.03. The summed E-state index contributed by atoms with van der Waals surface area (Å²) in [5, 5.41) is 42.4. The van der Waals surface area contributed by atoms with E-state index < -0.39 is 36.2 Å². The Morgan fingerprint density at radius 3 is 1.35 bits per heavy atom. The van der Waals surface area contributed by atoms with Crippen LogP contribution < -0.4 is 22.1 Å². The summed E-state index contributed by atoms with van der Waals surface area (Å²) in [7, 11) is 0. The molecule has 0 saturated heterocycles. The standard InChI is InChI=1S/C10H22N4O6/c11-1-3-13-9(19)7(17)5(15)6(16)8(18)10(20)14-4-2-12/h5-8,15-18H,1-4,11-12H2,(H,13,19)(H,14,20)/t5-,6+,7+,8-. The molecule has 0 fully saturated rings. The zero-order valence-electron chi connectivity index (χ0n) is 10.9. The minimum absolute atomic E-state index is 0.0677. The minimum Gasteiger partial charge on any atom is -0.387 e. The Labute approximate surface area is 115 Å². The van der Waals surface area contributed by atoms with Crippen molar-refractivity contribution in [3.8, 4) is 0 Å². The van der Waals surface area contributed by atoms with Gasteiger partial charge in [-0.05, 0) is 0 Å². The molecule has 0 aromatic carbocycles. The third-order valence-corrected chi connectivity index (χ3v) is 2.42. The van der Waals surface area contributed by atoms with Gasteiger partial charge in [-0.3, -0.25) is 9.59 Å². The van der Waals surface area contributed by atoms with Gasteiger partial charge in [-0.2, -0.15) is 0 Å². The molecule has 0 aromatic rings. The first-order chi connectivity index (χ1) is 9.36. The van der Waals surface area contributed by atoms with Crippen molar-refractivity contribution in [2.45, 2.75) is 24.4 Å². The van der Waals surface area contributed by atoms with Crippen molar-refractivity contribution in [2.24, 2.45) is 11.5 Å². The highest BCUT2D eigenvalue weighted by molar-refractivity contribution is 5.83. The molecule has 0 saturated carbocycles. The van der Waals surface area contributed by atoms with Gasteiger partial charge in [0.05, 0.1) is 0 Å². The van der Waals surface area contributed by atoms with E-state index in [1.54, 1.807) is 0 Å². The molecule has 0 heterocycles. The van der Waals surface area contributed by atoms with Gasteiger partial charge < -0.3 is 42.5 Å². The molecular formula is C10H22N4O6. The van der Waals surface area contributed by atoms with Crippen LogP contribution in [0.4, 0.5) is 0 Å². The van der Waals surface area contributed by atoms with E-state index >= 15 is 0 Å². The fourth-order valence-electron chi connectivity index (χ4n) is 1.28. The molecule has 0 bridgehead atoms. The van der Waals surface area contributed by atoms with Gasteiger partial charge in [-0.25, -0.2) is 0 Å². The lowest BCUT2D eigenvalue weighted by Crippen LogP contribution is -2.55. The highest BCUT2D eigenvalue weighted by atomic mass is 16.4. The Morgan fingerprint density at radius 1 is 0.800 bits per heavy atom. The highest BCUT2D eigenvalue weighted by Gasteiger charge is 2.37. The van der Waals surface area contributed by atoms with Crippen LogP contribution in [0, 0.1) is 0 Å². The fraction of sp³-hybridized carbons (Fsp3) is 0.800. The molecule has 0 aliphatic carbocycles. The van der Waals surface area contributed by atoms with Crippen molar-refractivity contribution in [3.63, 3.8) is 0 Å². The molecule has 0 aliphatic heterocycles. The maximum Gasteiger partial charge on any atom is 0.251 e. The zero-order valence-corrected chi connectivity index (χ0v) is 10.9. The van der Waals surface area contributed by atoms with Crippen molar-refractivity contribution in [1.29, 1.82) is 0 Å². The lowest BCUT2D eigenvalue weighted by Gasteiger charge is -2.25. The van der Waals surface area contributed by atoms with Crippen molar-refractivity contribution in [2.75, 3.05) is 26.2 Å². The summed E-state index contributed by atoms with van der Waals surface area (Å²) in [4.78, 5) is 22.7. The molecule has 0 spiro atoms. The Bertz CT molecular complexity index is 286. The van der Waals surface area contributed by atoms with Gasteiger partial charge >= 0.3 is 0 Å². The summed E-state index contributed by atoms with van der Waals surface area (Å²) in [6.45, 7) is 0.388. The lowest BCUT2D eigenvalue weighted by atomic mass is 10.0. The summed E-state index contributed by atoms with van der Waals surface area (Å²) in [5.74, 6) is -1.95. The Hall–Kier alpha value is -1.30. The quantitative estimate of drug-likeness (QED) is 0.206. The van der Waals surface area contributed by atoms with Crippen LogP contribution in [0.2, 0.25) is 0 Å². The molecule has 0 rings (SSSR count). The van der Waals surface area contributed by atoms with Gasteiger partial charge in [0.2, 0.25) is 0 Å². The molecule has 10 nitrogen and oxygen atoms in total. The van der Waals surface area contributed by atoms with E-state index in [1.807, 2.05) is 0 Å². The van der Waals surface area contributed by atoms with E-state index in [1.165, 1.54) is 0 Å². The second kappa shape index (κ2) is 9.58. The zero-order chi connectivity index (χ0) is 15.7. The number of nitrogens with one attached hydrogen (secondary N) is 2. The van der Waals surface area contributed by atoms with E-state index in [-0.39, 0.29) is 26.2 Å². The Kier molecular flexibility index (Phi) is 8.96. The number of aliphatic hydroxyl groups is 4. The molecule has 0 unspecified atom stereocenters. The molecule has 0 aliphatic rings. The van der Waals surface area contributed by atoms with E-state index in [4.69, 9.17) is 11.5 Å². The Morgan fingerprint density at radius 2 is 1.10 bits per heavy atom. The van der Waals surface area contributed by atoms with E-state index in [2.05, 4.69) is 10.6 Å². The normalized spacial score (nSPS) is 16.9. The van der Waals surface area contributed by atoms with Gasteiger partial charge in [-0.15, -0.1) is 0 Å². The summed E-state index contributed by atoms with van der Waals surface area (Å²) < 4.78 is 0. The number of aliphatic hydroxyl groups excluding tert-OH is 4. The summed E-state index contributed by atoms with van der Waals surface area (Å²) >= 11 is 0. The van der Waals surface area contributed by atoms with Crippen LogP contribution in [0.1, 0.15) is 0 Å². The SMILES string of the molecule is NCCNC(=O)[C@@H](O)[C@H](O)[C@H](O)[C@@H](O)C(=O)NCCN. The molecular weight excluding hydrogens is 272 g/mol. The third-order valence-electron chi connectivity index (χ3n) is 2.42. The van der Waals surface area contributed by atoms with Crippen molar-refractivity contribution < 1.29 is 30.0 Å². The predicted molar refractivity (Wildman–Crippen MR) is 68.2 cm³/mol. The van der Waals surface area contributed by atoms with Crippen LogP contribution in [-0.2, 0) is 9.59 Å². The monoisotopic (exact) mass is 294 g/mol. The van der Waals surface area contributed by atoms with E-state index in [0.717, 1.165) is 0 Å². The molecule has 10 N–H and O–H groups in total. The first-order valence-electron chi connectivity index (χ1n) is 6.04. The summed E-state index contributed by atoms with van der Waals surface area (Å²) in [5.41, 5.74) is 10.3. The number of amides is 2. The van der Waals surface area contributed by atoms with Crippen LogP contribution in [-0.4, -0.2) is 82.8 Å². The average molecular weight is 294 g/mol. The maximum atomic E-state index is 11.3. The number of carbonyl (C=O) groups is 2. The van der Waals surface area contributed by atoms with Gasteiger partial charge in [0.15, 0.2) is 12.2 Å². The summed E-state index contributed by atoms with van der Waals surface area (Å²) in [6.07, 6.45) is -8.08. The van der Waals surface area contributed by atoms with Crippen LogP contribution in [0.15, 0.2) is 0 Å². The molecule has 118 valence electrons. The highest BCUT2D eigenvalue weighted by Crippen LogP contribution is 2.06. The van der Waals surface area contributed by atoms with Gasteiger partial charge in [0.1, 0.15) is 12.2 Å². The first-order valence-corrected chi connectivity index (χ1v) is 6.04. The van der Waals surface area contributed by atoms with Crippen molar-refractivity contribution in [3.05, 3.63) is 0 Å². The van der Waals surface area contributed by atoms with Gasteiger partial charge in [-0.1, -0.05) is 0 Å². The number of rotatable bonds is 9. The van der Waals surface area contributed by atoms with Crippen LogP contribution >= 0.6 is 0 Å². The maximum absolute atomic E-state index is 11.3. The summed E-state index contributed by atoms with van der Waals surface area (Å²) in [6, 6.07) is 0. The smallest absolute Gasteiger partial charge is 0.251 e. The number of nitrogens with two attached hydrogens (primary N) is 2. The van der Waals surface area contributed by atoms with E-state index in [0.29, 0.717) is 0 Å². The van der Waals surface area contributed by atoms with Crippen LogP contribution in [0.3, 0.4) is 0 Å². The molecule has 10 heteroatoms. The minimum atomic E-state index is -2.04. The second-order valence-electron chi connectivity index (χ2n) is 4.03. The van der Waals surface area contributed by atoms with Crippen LogP contribution in [0.5, 0.6) is 0 Å². The number of carbonyl (C=O) groups excluding carboxylic acids is 2. The fourth-order valence-corrected chi connectivity index (χ4v) is 1.28. The molecule has 4 atom stereocenters. The lowest BCUT2D eigenvalue weighted by molar-refractivity contribution is -0.155. The Balaban J connectivity index is 4.46. The first kappa shape index (κ1) is 18.7. The average Bonchev–Trinajstić information content (AvgIpc) is 2.46. The number of hydrogen-bond donors (Lipinski definition) is 8. The third kappa shape index (κ3) is 5.77. The topological polar surface area (TPSA) is 191 Å². The van der Waals surface area contributed by atoms with Gasteiger partial charge in [0.25, 0.3) is 11.8 Å². The van der Waals surface area contributed by atoms with E-state index in [9.17, 15) is 30.0 Å². The van der Waals surface area contributed by atoms with Gasteiger partial charge in [0, 0.05) is 26.2 Å². The predicted octanol–water partition coefficient (Wildman–Crippen LogP) is -5.42. The number of hydrogen-bond acceptors (Lipinski definition) is 8. The molecule has 20 heavy (non-hydrogen) atoms. The largest absolute Gasteiger partial charge is 0.387 e. The van der Waals surface area contributed by atoms with Crippen molar-refractivity contribution >= 4 is 11.8 Å². The van der Waals surface area contributed by atoms with Crippen molar-refractivity contribution in [1.82, 2.24) is 10.6 Å². The molecule has 2 amide bonds.